The molecule has 92 valence electrons. The van der Waals surface area contributed by atoms with Gasteiger partial charge in [0.15, 0.2) is 0 Å². The molecule has 0 amide bonds. The van der Waals surface area contributed by atoms with Crippen molar-refractivity contribution in [2.75, 3.05) is 25.6 Å². The molecule has 0 saturated carbocycles. The van der Waals surface area contributed by atoms with Crippen molar-refractivity contribution in [1.82, 2.24) is 9.88 Å². The highest BCUT2D eigenvalue weighted by Crippen LogP contribution is 2.13. The van der Waals surface area contributed by atoms with Crippen molar-refractivity contribution in [3.63, 3.8) is 0 Å². The third-order valence-electron chi connectivity index (χ3n) is 2.53. The van der Waals surface area contributed by atoms with E-state index in [1.54, 1.807) is 11.3 Å². The Morgan fingerprint density at radius 1 is 1.62 bits per heavy atom. The quantitative estimate of drug-likeness (QED) is 0.811. The number of nitrogens with zero attached hydrogens (tertiary/aromatic N) is 2. The minimum atomic E-state index is 0.592. The Hall–Kier alpha value is -0.100. The molecule has 0 saturated heterocycles. The molecule has 0 aliphatic heterocycles. The van der Waals surface area contributed by atoms with Crippen LogP contribution in [0.15, 0.2) is 5.38 Å². The summed E-state index contributed by atoms with van der Waals surface area (Å²) in [6.07, 6.45) is 3.04. The molecule has 0 bridgehead atoms. The SMILES string of the molecule is CSCC(C)N(C)Cc1csc(CCN)n1. The number of thioether (sulfide) groups is 1. The van der Waals surface area contributed by atoms with Gasteiger partial charge in [0.05, 0.1) is 10.7 Å². The van der Waals surface area contributed by atoms with E-state index in [0.717, 1.165) is 23.7 Å². The van der Waals surface area contributed by atoms with Gasteiger partial charge in [0.25, 0.3) is 0 Å². The molecule has 1 atom stereocenters. The van der Waals surface area contributed by atoms with E-state index in [-0.39, 0.29) is 0 Å². The van der Waals surface area contributed by atoms with Crippen molar-refractivity contribution in [3.05, 3.63) is 16.1 Å². The van der Waals surface area contributed by atoms with Gasteiger partial charge in [0, 0.05) is 30.1 Å². The van der Waals surface area contributed by atoms with Gasteiger partial charge in [-0.15, -0.1) is 11.3 Å². The van der Waals surface area contributed by atoms with Crippen LogP contribution in [-0.4, -0.2) is 41.5 Å². The summed E-state index contributed by atoms with van der Waals surface area (Å²) in [6.45, 7) is 3.87. The van der Waals surface area contributed by atoms with Gasteiger partial charge in [-0.2, -0.15) is 11.8 Å². The minimum Gasteiger partial charge on any atom is -0.330 e. The molecule has 16 heavy (non-hydrogen) atoms. The monoisotopic (exact) mass is 259 g/mol. The van der Waals surface area contributed by atoms with Crippen molar-refractivity contribution in [3.8, 4) is 0 Å². The summed E-state index contributed by atoms with van der Waals surface area (Å²) in [5.74, 6) is 1.16. The van der Waals surface area contributed by atoms with E-state index in [2.05, 4.69) is 35.5 Å². The summed E-state index contributed by atoms with van der Waals surface area (Å²) in [5, 5.41) is 3.30. The van der Waals surface area contributed by atoms with E-state index < -0.39 is 0 Å². The molecule has 1 heterocycles. The molecule has 1 rings (SSSR count). The molecule has 0 aliphatic rings. The zero-order chi connectivity index (χ0) is 12.0. The maximum Gasteiger partial charge on any atom is 0.0941 e. The molecule has 5 heteroatoms. The zero-order valence-corrected chi connectivity index (χ0v) is 11.9. The van der Waals surface area contributed by atoms with E-state index >= 15 is 0 Å². The molecule has 1 aromatic heterocycles. The molecule has 0 spiro atoms. The fourth-order valence-electron chi connectivity index (χ4n) is 1.44. The van der Waals surface area contributed by atoms with E-state index in [1.807, 2.05) is 11.8 Å². The van der Waals surface area contributed by atoms with Gasteiger partial charge in [-0.25, -0.2) is 4.98 Å². The highest BCUT2D eigenvalue weighted by molar-refractivity contribution is 7.98. The highest BCUT2D eigenvalue weighted by Gasteiger charge is 2.10. The number of hydrogen-bond donors (Lipinski definition) is 1. The predicted octanol–water partition coefficient (Wildman–Crippen LogP) is 1.83. The number of rotatable bonds is 7. The second-order valence-electron chi connectivity index (χ2n) is 3.99. The summed E-state index contributed by atoms with van der Waals surface area (Å²) >= 11 is 3.60. The van der Waals surface area contributed by atoms with Crippen molar-refractivity contribution in [2.45, 2.75) is 25.9 Å². The van der Waals surface area contributed by atoms with Crippen molar-refractivity contribution in [2.24, 2.45) is 5.73 Å². The van der Waals surface area contributed by atoms with Crippen LogP contribution in [0.2, 0.25) is 0 Å². The third-order valence-corrected chi connectivity index (χ3v) is 4.30. The van der Waals surface area contributed by atoms with Crippen LogP contribution >= 0.6 is 23.1 Å². The van der Waals surface area contributed by atoms with E-state index in [0.29, 0.717) is 12.6 Å². The predicted molar refractivity (Wildman–Crippen MR) is 74.2 cm³/mol. The third kappa shape index (κ3) is 4.41. The second kappa shape index (κ2) is 7.27. The molecular formula is C11H21N3S2. The van der Waals surface area contributed by atoms with Gasteiger partial charge in [0.1, 0.15) is 0 Å². The Balaban J connectivity index is 2.45. The Kier molecular flexibility index (Phi) is 6.34. The molecule has 0 aliphatic carbocycles. The summed E-state index contributed by atoms with van der Waals surface area (Å²) in [6, 6.07) is 0.592. The molecule has 2 N–H and O–H groups in total. The smallest absolute Gasteiger partial charge is 0.0941 e. The van der Waals surface area contributed by atoms with E-state index in [9.17, 15) is 0 Å². The second-order valence-corrected chi connectivity index (χ2v) is 5.84. The summed E-state index contributed by atoms with van der Waals surface area (Å²) in [4.78, 5) is 6.92. The lowest BCUT2D eigenvalue weighted by atomic mass is 10.3. The Morgan fingerprint density at radius 3 is 3.00 bits per heavy atom. The number of aromatic nitrogens is 1. The minimum absolute atomic E-state index is 0.592. The van der Waals surface area contributed by atoms with Crippen LogP contribution in [0.1, 0.15) is 17.6 Å². The van der Waals surface area contributed by atoms with Crippen LogP contribution in [0.5, 0.6) is 0 Å². The number of thiazole rings is 1. The molecular weight excluding hydrogens is 238 g/mol. The molecule has 1 unspecified atom stereocenters. The van der Waals surface area contributed by atoms with Crippen LogP contribution in [-0.2, 0) is 13.0 Å². The van der Waals surface area contributed by atoms with Crippen molar-refractivity contribution in [1.29, 1.82) is 0 Å². The lowest BCUT2D eigenvalue weighted by Crippen LogP contribution is -2.30. The maximum absolute atomic E-state index is 5.51. The maximum atomic E-state index is 5.51. The summed E-state index contributed by atoms with van der Waals surface area (Å²) in [7, 11) is 2.16. The molecule has 1 aromatic rings. The largest absolute Gasteiger partial charge is 0.330 e. The summed E-state index contributed by atoms with van der Waals surface area (Å²) in [5.41, 5.74) is 6.68. The number of hydrogen-bond acceptors (Lipinski definition) is 5. The number of nitrogens with two attached hydrogens (primary N) is 1. The van der Waals surface area contributed by atoms with Crippen LogP contribution in [0, 0.1) is 0 Å². The first kappa shape index (κ1) is 14.0. The zero-order valence-electron chi connectivity index (χ0n) is 10.3. The Morgan fingerprint density at radius 2 is 2.38 bits per heavy atom. The summed E-state index contributed by atoms with van der Waals surface area (Å²) < 4.78 is 0. The van der Waals surface area contributed by atoms with Gasteiger partial charge < -0.3 is 5.73 Å². The van der Waals surface area contributed by atoms with Crippen LogP contribution in [0.25, 0.3) is 0 Å². The van der Waals surface area contributed by atoms with Crippen molar-refractivity contribution < 1.29 is 0 Å². The average molecular weight is 259 g/mol. The van der Waals surface area contributed by atoms with Gasteiger partial charge in [-0.3, -0.25) is 4.90 Å². The van der Waals surface area contributed by atoms with Gasteiger partial charge >= 0.3 is 0 Å². The fraction of sp³-hybridized carbons (Fsp3) is 0.727. The lowest BCUT2D eigenvalue weighted by molar-refractivity contribution is 0.267. The fourth-order valence-corrected chi connectivity index (χ4v) is 2.98. The first-order valence-electron chi connectivity index (χ1n) is 5.50. The molecule has 3 nitrogen and oxygen atoms in total. The highest BCUT2D eigenvalue weighted by atomic mass is 32.2. The van der Waals surface area contributed by atoms with Crippen LogP contribution in [0.4, 0.5) is 0 Å². The van der Waals surface area contributed by atoms with Gasteiger partial charge in [-0.05, 0) is 26.8 Å². The topological polar surface area (TPSA) is 42.1 Å². The first-order valence-corrected chi connectivity index (χ1v) is 7.77. The van der Waals surface area contributed by atoms with Crippen LogP contribution < -0.4 is 5.73 Å². The molecule has 0 fully saturated rings. The van der Waals surface area contributed by atoms with Gasteiger partial charge in [-0.1, -0.05) is 0 Å². The van der Waals surface area contributed by atoms with Crippen molar-refractivity contribution >= 4 is 23.1 Å². The van der Waals surface area contributed by atoms with Gasteiger partial charge in [0.2, 0.25) is 0 Å². The normalized spacial score (nSPS) is 13.3. The Labute approximate surface area is 106 Å². The average Bonchev–Trinajstić information content (AvgIpc) is 2.66. The lowest BCUT2D eigenvalue weighted by Gasteiger charge is -2.22. The first-order chi connectivity index (χ1) is 7.67. The van der Waals surface area contributed by atoms with E-state index in [1.165, 1.54) is 5.69 Å². The van der Waals surface area contributed by atoms with Crippen LogP contribution in [0.3, 0.4) is 0 Å². The Bertz CT molecular complexity index is 301. The molecule has 0 radical (unpaired) electrons. The molecule has 0 aromatic carbocycles. The standard InChI is InChI=1S/C11H21N3S2/c1-9(7-15-3)14(2)6-10-8-16-11(13-10)4-5-12/h8-9H,4-7,12H2,1-3H3. The van der Waals surface area contributed by atoms with E-state index in [4.69, 9.17) is 5.73 Å².